The van der Waals surface area contributed by atoms with Crippen molar-refractivity contribution in [2.75, 3.05) is 6.26 Å². The predicted molar refractivity (Wildman–Crippen MR) is 77.8 cm³/mol. The maximum absolute atomic E-state index is 11.8. The first-order chi connectivity index (χ1) is 9.86. The van der Waals surface area contributed by atoms with E-state index < -0.39 is 15.7 Å². The summed E-state index contributed by atoms with van der Waals surface area (Å²) in [5.41, 5.74) is 0.587. The Balaban J connectivity index is 2.03. The van der Waals surface area contributed by atoms with E-state index in [1.165, 1.54) is 30.3 Å². The largest absolute Gasteiger partial charge is 0.347 e. The average molecular weight is 306 g/mol. The van der Waals surface area contributed by atoms with E-state index in [1.807, 2.05) is 0 Å². The van der Waals surface area contributed by atoms with Crippen molar-refractivity contribution in [2.24, 2.45) is 0 Å². The smallest absolute Gasteiger partial charge is 0.268 e. The summed E-state index contributed by atoms with van der Waals surface area (Å²) in [4.78, 5) is 25.6. The number of benzene rings is 1. The highest BCUT2D eigenvalue weighted by Crippen LogP contribution is 2.10. The number of hydrogen-bond donors (Lipinski definition) is 2. The summed E-state index contributed by atoms with van der Waals surface area (Å²) in [6.07, 6.45) is 1.13. The molecule has 6 nitrogen and oxygen atoms in total. The summed E-state index contributed by atoms with van der Waals surface area (Å²) < 4.78 is 22.6. The summed E-state index contributed by atoms with van der Waals surface area (Å²) in [6.45, 7) is 0.236. The standard InChI is InChI=1S/C14H14N2O4S/c1-21(19,20)11-7-5-10(6-8-11)9-15-14(18)12-3-2-4-13(17)16-12/h2-8H,9H2,1H3,(H,15,18)(H,16,17). The van der Waals surface area contributed by atoms with Gasteiger partial charge < -0.3 is 10.3 Å². The third-order valence-electron chi connectivity index (χ3n) is 2.82. The molecule has 2 aromatic rings. The number of H-pyrrole nitrogens is 1. The minimum Gasteiger partial charge on any atom is -0.347 e. The SMILES string of the molecule is CS(=O)(=O)c1ccc(CNC(=O)c2cccc(=O)[nH]2)cc1. The molecule has 0 unspecified atom stereocenters. The van der Waals surface area contributed by atoms with Crippen molar-refractivity contribution in [3.8, 4) is 0 Å². The number of sulfone groups is 1. The number of carbonyl (C=O) groups is 1. The average Bonchev–Trinajstić information content (AvgIpc) is 2.44. The number of aromatic nitrogens is 1. The Morgan fingerprint density at radius 3 is 2.38 bits per heavy atom. The van der Waals surface area contributed by atoms with Crippen LogP contribution >= 0.6 is 0 Å². The number of aromatic amines is 1. The second-order valence-electron chi connectivity index (χ2n) is 4.53. The zero-order valence-corrected chi connectivity index (χ0v) is 12.1. The Morgan fingerprint density at radius 2 is 1.81 bits per heavy atom. The van der Waals surface area contributed by atoms with E-state index in [9.17, 15) is 18.0 Å². The van der Waals surface area contributed by atoms with Crippen LogP contribution in [0.15, 0.2) is 52.2 Å². The van der Waals surface area contributed by atoms with E-state index in [1.54, 1.807) is 12.1 Å². The molecule has 0 saturated carbocycles. The van der Waals surface area contributed by atoms with Crippen LogP contribution in [0.5, 0.6) is 0 Å². The van der Waals surface area contributed by atoms with Gasteiger partial charge in [0.05, 0.1) is 4.90 Å². The van der Waals surface area contributed by atoms with Crippen molar-refractivity contribution in [3.63, 3.8) is 0 Å². The first-order valence-corrected chi connectivity index (χ1v) is 8.02. The van der Waals surface area contributed by atoms with Gasteiger partial charge in [-0.3, -0.25) is 9.59 Å². The lowest BCUT2D eigenvalue weighted by Crippen LogP contribution is -2.25. The highest BCUT2D eigenvalue weighted by molar-refractivity contribution is 7.90. The number of nitrogens with one attached hydrogen (secondary N) is 2. The first-order valence-electron chi connectivity index (χ1n) is 6.13. The fourth-order valence-electron chi connectivity index (χ4n) is 1.71. The van der Waals surface area contributed by atoms with Gasteiger partial charge in [0.15, 0.2) is 9.84 Å². The number of hydrogen-bond acceptors (Lipinski definition) is 4. The lowest BCUT2D eigenvalue weighted by Gasteiger charge is -2.06. The number of rotatable bonds is 4. The summed E-state index contributed by atoms with van der Waals surface area (Å²) in [7, 11) is -3.23. The van der Waals surface area contributed by atoms with Gasteiger partial charge in [0.1, 0.15) is 5.69 Å². The van der Waals surface area contributed by atoms with Crippen LogP contribution in [0.1, 0.15) is 16.1 Å². The molecule has 0 aliphatic rings. The molecule has 0 radical (unpaired) electrons. The van der Waals surface area contributed by atoms with Crippen LogP contribution in [0.4, 0.5) is 0 Å². The Labute approximate surface area is 121 Å². The molecule has 0 fully saturated rings. The molecule has 1 aromatic carbocycles. The minimum atomic E-state index is -3.23. The highest BCUT2D eigenvalue weighted by atomic mass is 32.2. The maximum atomic E-state index is 11.8. The third kappa shape index (κ3) is 4.03. The second kappa shape index (κ2) is 5.92. The molecular weight excluding hydrogens is 292 g/mol. The lowest BCUT2D eigenvalue weighted by atomic mass is 10.2. The van der Waals surface area contributed by atoms with Crippen molar-refractivity contribution >= 4 is 15.7 Å². The monoisotopic (exact) mass is 306 g/mol. The molecule has 0 atom stereocenters. The number of carbonyl (C=O) groups excluding carboxylic acids is 1. The number of pyridine rings is 1. The van der Waals surface area contributed by atoms with E-state index in [0.717, 1.165) is 11.8 Å². The Hall–Kier alpha value is -2.41. The van der Waals surface area contributed by atoms with Crippen LogP contribution < -0.4 is 10.9 Å². The number of amides is 1. The van der Waals surface area contributed by atoms with E-state index >= 15 is 0 Å². The van der Waals surface area contributed by atoms with Crippen molar-refractivity contribution < 1.29 is 13.2 Å². The van der Waals surface area contributed by atoms with E-state index in [4.69, 9.17) is 0 Å². The van der Waals surface area contributed by atoms with Gasteiger partial charge >= 0.3 is 0 Å². The van der Waals surface area contributed by atoms with Crippen LogP contribution in [0, 0.1) is 0 Å². The summed E-state index contributed by atoms with van der Waals surface area (Å²) in [5, 5.41) is 2.64. The molecule has 110 valence electrons. The Morgan fingerprint density at radius 1 is 1.14 bits per heavy atom. The fourth-order valence-corrected chi connectivity index (χ4v) is 2.34. The Bertz CT molecular complexity index is 807. The quantitative estimate of drug-likeness (QED) is 0.869. The molecule has 1 aromatic heterocycles. The van der Waals surface area contributed by atoms with Gasteiger partial charge in [-0.05, 0) is 23.8 Å². The topological polar surface area (TPSA) is 96.1 Å². The lowest BCUT2D eigenvalue weighted by molar-refractivity contribution is 0.0945. The zero-order chi connectivity index (χ0) is 15.5. The summed E-state index contributed by atoms with van der Waals surface area (Å²) in [5.74, 6) is -0.403. The second-order valence-corrected chi connectivity index (χ2v) is 6.54. The zero-order valence-electron chi connectivity index (χ0n) is 11.3. The van der Waals surface area contributed by atoms with Crippen LogP contribution in [0.2, 0.25) is 0 Å². The third-order valence-corrected chi connectivity index (χ3v) is 3.95. The van der Waals surface area contributed by atoms with Gasteiger partial charge in [-0.2, -0.15) is 0 Å². The summed E-state index contributed by atoms with van der Waals surface area (Å²) in [6, 6.07) is 10.6. The molecule has 0 aliphatic carbocycles. The van der Waals surface area contributed by atoms with Gasteiger partial charge in [0, 0.05) is 18.9 Å². The molecule has 0 aliphatic heterocycles. The van der Waals surface area contributed by atoms with E-state index in [0.29, 0.717) is 0 Å². The van der Waals surface area contributed by atoms with Gasteiger partial charge in [0.2, 0.25) is 5.56 Å². The van der Waals surface area contributed by atoms with Gasteiger partial charge in [-0.1, -0.05) is 18.2 Å². The molecule has 0 bridgehead atoms. The molecule has 2 rings (SSSR count). The van der Waals surface area contributed by atoms with Crippen molar-refractivity contribution in [1.29, 1.82) is 0 Å². The van der Waals surface area contributed by atoms with Gasteiger partial charge in [0.25, 0.3) is 5.91 Å². The molecule has 1 heterocycles. The van der Waals surface area contributed by atoms with E-state index in [-0.39, 0.29) is 22.7 Å². The molecule has 2 N–H and O–H groups in total. The predicted octanol–water partition coefficient (Wildman–Crippen LogP) is 0.708. The minimum absolute atomic E-state index is 0.176. The fraction of sp³-hybridized carbons (Fsp3) is 0.143. The van der Waals surface area contributed by atoms with Gasteiger partial charge in [-0.25, -0.2) is 8.42 Å². The van der Waals surface area contributed by atoms with Crippen molar-refractivity contribution in [1.82, 2.24) is 10.3 Å². The first kappa shape index (κ1) is 15.0. The van der Waals surface area contributed by atoms with Crippen LogP contribution in [-0.2, 0) is 16.4 Å². The van der Waals surface area contributed by atoms with E-state index in [2.05, 4.69) is 10.3 Å². The van der Waals surface area contributed by atoms with Gasteiger partial charge in [-0.15, -0.1) is 0 Å². The normalized spacial score (nSPS) is 11.1. The molecule has 7 heteroatoms. The maximum Gasteiger partial charge on any atom is 0.268 e. The molecule has 21 heavy (non-hydrogen) atoms. The van der Waals surface area contributed by atoms with Crippen LogP contribution in [0.3, 0.4) is 0 Å². The molecule has 0 spiro atoms. The Kier molecular flexibility index (Phi) is 4.23. The highest BCUT2D eigenvalue weighted by Gasteiger charge is 2.08. The molecule has 0 saturated heterocycles. The van der Waals surface area contributed by atoms with Crippen LogP contribution in [-0.4, -0.2) is 25.6 Å². The molecular formula is C14H14N2O4S. The summed E-state index contributed by atoms with van der Waals surface area (Å²) >= 11 is 0. The molecule has 1 amide bonds. The van der Waals surface area contributed by atoms with Crippen molar-refractivity contribution in [2.45, 2.75) is 11.4 Å². The van der Waals surface area contributed by atoms with Crippen LogP contribution in [0.25, 0.3) is 0 Å². The van der Waals surface area contributed by atoms with Crippen molar-refractivity contribution in [3.05, 3.63) is 64.1 Å².